The van der Waals surface area contributed by atoms with Crippen LogP contribution in [0.25, 0.3) is 0 Å². The summed E-state index contributed by atoms with van der Waals surface area (Å²) in [4.78, 5) is 59.0. The Morgan fingerprint density at radius 1 is 0.786 bits per heavy atom. The molecule has 0 aliphatic heterocycles. The van der Waals surface area contributed by atoms with E-state index in [0.717, 1.165) is 5.56 Å². The lowest BCUT2D eigenvalue weighted by molar-refractivity contribution is -0.142. The van der Waals surface area contributed by atoms with Crippen LogP contribution in [0.2, 0.25) is 0 Å². The quantitative estimate of drug-likeness (QED) is 0.0441. The van der Waals surface area contributed by atoms with Gasteiger partial charge >= 0.3 is 5.97 Å². The van der Waals surface area contributed by atoms with Gasteiger partial charge in [0.25, 0.3) is 0 Å². The molecular weight excluding hydrogens is 564 g/mol. The highest BCUT2D eigenvalue weighted by atomic mass is 32.2. The van der Waals surface area contributed by atoms with Crippen molar-refractivity contribution in [1.29, 1.82) is 0 Å². The van der Waals surface area contributed by atoms with E-state index >= 15 is 0 Å². The van der Waals surface area contributed by atoms with E-state index in [2.05, 4.69) is 25.9 Å². The minimum Gasteiger partial charge on any atom is -0.480 e. The lowest BCUT2D eigenvalue weighted by atomic mass is 10.0. The van der Waals surface area contributed by atoms with Crippen molar-refractivity contribution in [2.45, 2.75) is 62.7 Å². The van der Waals surface area contributed by atoms with Crippen LogP contribution in [0.5, 0.6) is 0 Å². The number of nitrogens with zero attached hydrogens (tertiary/aromatic N) is 2. The van der Waals surface area contributed by atoms with Gasteiger partial charge in [0.15, 0.2) is 11.9 Å². The molecule has 0 bridgehead atoms. The highest BCUT2D eigenvalue weighted by molar-refractivity contribution is 7.98. The molecular formula is C26H44N10O5S. The Hall–Kier alpha value is -4.05. The number of hydrogen-bond donors (Lipinski definition) is 9. The maximum Gasteiger partial charge on any atom is 0.326 e. The molecule has 14 N–H and O–H groups in total. The lowest BCUT2D eigenvalue weighted by Crippen LogP contribution is -2.57. The first kappa shape index (κ1) is 36.0. The van der Waals surface area contributed by atoms with Crippen LogP contribution in [-0.4, -0.2) is 90.0 Å². The van der Waals surface area contributed by atoms with Crippen LogP contribution in [0.3, 0.4) is 0 Å². The first-order chi connectivity index (χ1) is 19.9. The number of carboxylic acids is 1. The molecule has 0 heterocycles. The van der Waals surface area contributed by atoms with Gasteiger partial charge in [-0.25, -0.2) is 4.79 Å². The zero-order valence-electron chi connectivity index (χ0n) is 23.8. The Bertz CT molecular complexity index is 1060. The molecule has 234 valence electrons. The number of nitrogens with two attached hydrogens (primary N) is 5. The molecule has 15 nitrogen and oxygen atoms in total. The summed E-state index contributed by atoms with van der Waals surface area (Å²) in [6.45, 7) is 0.501. The average molecular weight is 609 g/mol. The lowest BCUT2D eigenvalue weighted by Gasteiger charge is -2.25. The number of carbonyl (C=O) groups is 4. The molecule has 0 saturated carbocycles. The Morgan fingerprint density at radius 3 is 1.86 bits per heavy atom. The summed E-state index contributed by atoms with van der Waals surface area (Å²) in [5.41, 5.74) is 28.0. The number of carbonyl (C=O) groups excluding carboxylic acids is 3. The van der Waals surface area contributed by atoms with Gasteiger partial charge in [0.1, 0.15) is 18.1 Å². The number of carboxylic acid groups (broad SMARTS) is 1. The molecule has 0 aromatic heterocycles. The third-order valence-corrected chi connectivity index (χ3v) is 6.67. The van der Waals surface area contributed by atoms with Gasteiger partial charge in [0.2, 0.25) is 17.7 Å². The predicted molar refractivity (Wildman–Crippen MR) is 164 cm³/mol. The Balaban J connectivity index is 3.02. The molecule has 1 aromatic carbocycles. The molecule has 0 spiro atoms. The fourth-order valence-corrected chi connectivity index (χ4v) is 4.27. The predicted octanol–water partition coefficient (Wildman–Crippen LogP) is -2.04. The second-order valence-corrected chi connectivity index (χ2v) is 10.5. The van der Waals surface area contributed by atoms with E-state index in [-0.39, 0.29) is 44.1 Å². The van der Waals surface area contributed by atoms with Crippen LogP contribution < -0.4 is 44.6 Å². The fraction of sp³-hybridized carbons (Fsp3) is 0.538. The molecule has 0 aliphatic rings. The number of aliphatic imine (C=N–C) groups is 2. The van der Waals surface area contributed by atoms with E-state index < -0.39 is 47.9 Å². The summed E-state index contributed by atoms with van der Waals surface area (Å²) in [5, 5.41) is 17.5. The van der Waals surface area contributed by atoms with Crippen molar-refractivity contribution in [3.8, 4) is 0 Å². The SMILES string of the molecule is CSCCC(NC(=O)C(N)CCCN=C(N)N)C(=O)NC(Cc1ccccc1)C(=O)NC(CCCN=C(N)N)C(=O)O. The molecule has 4 atom stereocenters. The zero-order chi connectivity index (χ0) is 31.5. The van der Waals surface area contributed by atoms with Gasteiger partial charge < -0.3 is 49.7 Å². The largest absolute Gasteiger partial charge is 0.480 e. The number of hydrogen-bond acceptors (Lipinski definition) is 8. The third-order valence-electron chi connectivity index (χ3n) is 6.02. The standard InChI is InChI=1S/C26H44N10O5S/c1-42-14-11-18(34-21(37)17(27)9-5-12-32-25(28)29)22(38)36-20(15-16-7-3-2-4-8-16)23(39)35-19(24(40)41)10-6-13-33-26(30)31/h2-4,7-8,17-20H,5-6,9-15,27H2,1H3,(H,34,37)(H,35,39)(H,36,38)(H,40,41)(H4,28,29,32)(H4,30,31,33). The van der Waals surface area contributed by atoms with Gasteiger partial charge in [0.05, 0.1) is 6.04 Å². The minimum atomic E-state index is -1.24. The van der Waals surface area contributed by atoms with Crippen molar-refractivity contribution in [3.63, 3.8) is 0 Å². The number of amides is 3. The summed E-state index contributed by atoms with van der Waals surface area (Å²) in [6, 6.07) is 4.71. The Labute approximate surface area is 249 Å². The molecule has 3 amide bonds. The molecule has 42 heavy (non-hydrogen) atoms. The van der Waals surface area contributed by atoms with Gasteiger partial charge in [-0.15, -0.1) is 0 Å². The van der Waals surface area contributed by atoms with Crippen LogP contribution >= 0.6 is 11.8 Å². The molecule has 4 unspecified atom stereocenters. The normalized spacial score (nSPS) is 13.5. The van der Waals surface area contributed by atoms with Gasteiger partial charge in [0, 0.05) is 19.5 Å². The number of thioether (sulfide) groups is 1. The fourth-order valence-electron chi connectivity index (χ4n) is 3.80. The number of aliphatic carboxylic acids is 1. The number of guanidine groups is 2. The number of rotatable bonds is 20. The maximum absolute atomic E-state index is 13.4. The molecule has 1 aromatic rings. The first-order valence-corrected chi connectivity index (χ1v) is 14.9. The highest BCUT2D eigenvalue weighted by Gasteiger charge is 2.30. The van der Waals surface area contributed by atoms with Crippen LogP contribution in [-0.2, 0) is 25.6 Å². The summed E-state index contributed by atoms with van der Waals surface area (Å²) in [5.74, 6) is -2.69. The number of nitrogens with one attached hydrogen (secondary N) is 3. The topological polar surface area (TPSA) is 279 Å². The van der Waals surface area contributed by atoms with Crippen LogP contribution in [0, 0.1) is 0 Å². The summed E-state index contributed by atoms with van der Waals surface area (Å²) in [7, 11) is 0. The van der Waals surface area contributed by atoms with Crippen molar-refractivity contribution in [2.75, 3.05) is 25.1 Å². The minimum absolute atomic E-state index is 0.0588. The molecule has 0 fully saturated rings. The average Bonchev–Trinajstić information content (AvgIpc) is 2.94. The molecule has 16 heteroatoms. The van der Waals surface area contributed by atoms with E-state index in [1.54, 1.807) is 24.3 Å². The van der Waals surface area contributed by atoms with Crippen LogP contribution in [0.15, 0.2) is 40.3 Å². The van der Waals surface area contributed by atoms with E-state index in [1.807, 2.05) is 12.3 Å². The highest BCUT2D eigenvalue weighted by Crippen LogP contribution is 2.08. The molecule has 1 rings (SSSR count). The Kier molecular flexibility index (Phi) is 17.1. The van der Waals surface area contributed by atoms with Gasteiger partial charge in [-0.2, -0.15) is 11.8 Å². The van der Waals surface area contributed by atoms with Gasteiger partial charge in [-0.05, 0) is 49.7 Å². The van der Waals surface area contributed by atoms with Crippen molar-refractivity contribution in [1.82, 2.24) is 16.0 Å². The third kappa shape index (κ3) is 15.1. The molecule has 0 radical (unpaired) electrons. The monoisotopic (exact) mass is 608 g/mol. The van der Waals surface area contributed by atoms with E-state index in [1.165, 1.54) is 11.8 Å². The summed E-state index contributed by atoms with van der Waals surface area (Å²) < 4.78 is 0. The summed E-state index contributed by atoms with van der Waals surface area (Å²) >= 11 is 1.48. The first-order valence-electron chi connectivity index (χ1n) is 13.5. The van der Waals surface area contributed by atoms with E-state index in [4.69, 9.17) is 28.7 Å². The zero-order valence-corrected chi connectivity index (χ0v) is 24.6. The van der Waals surface area contributed by atoms with Crippen molar-refractivity contribution in [2.24, 2.45) is 38.7 Å². The summed E-state index contributed by atoms with van der Waals surface area (Å²) in [6.07, 6.45) is 3.35. The number of benzene rings is 1. The second-order valence-electron chi connectivity index (χ2n) is 9.50. The second kappa shape index (κ2) is 19.9. The Morgan fingerprint density at radius 2 is 1.31 bits per heavy atom. The van der Waals surface area contributed by atoms with Crippen molar-refractivity contribution < 1.29 is 24.3 Å². The smallest absolute Gasteiger partial charge is 0.326 e. The van der Waals surface area contributed by atoms with Gasteiger partial charge in [-0.1, -0.05) is 30.3 Å². The van der Waals surface area contributed by atoms with Crippen LogP contribution in [0.4, 0.5) is 0 Å². The van der Waals surface area contributed by atoms with E-state index in [0.29, 0.717) is 25.1 Å². The van der Waals surface area contributed by atoms with Crippen molar-refractivity contribution >= 4 is 47.4 Å². The van der Waals surface area contributed by atoms with Crippen molar-refractivity contribution in [3.05, 3.63) is 35.9 Å². The molecule has 0 aliphatic carbocycles. The van der Waals surface area contributed by atoms with Gasteiger partial charge in [-0.3, -0.25) is 24.4 Å². The maximum atomic E-state index is 13.4. The molecule has 0 saturated heterocycles. The van der Waals surface area contributed by atoms with Crippen LogP contribution in [0.1, 0.15) is 37.7 Å². The van der Waals surface area contributed by atoms with E-state index in [9.17, 15) is 24.3 Å².